The fourth-order valence-electron chi connectivity index (χ4n) is 3.29. The standard InChI is InChI=1S/C19H21ClN2O5S/c1-26-15-5-2-4-13(10-15)16-6-3-9-22(16)28(24,25)18-11-14(20)7-8-17(18)27-12-19(21)23/h2,4-5,7-8,10-11,16H,3,6,9,12H2,1H3,(H2,21,23). The lowest BCUT2D eigenvalue weighted by atomic mass is 10.1. The van der Waals surface area contributed by atoms with E-state index < -0.39 is 22.5 Å². The minimum absolute atomic E-state index is 0.0412. The molecule has 150 valence electrons. The third-order valence-electron chi connectivity index (χ3n) is 4.54. The molecular formula is C19H21ClN2O5S. The van der Waals surface area contributed by atoms with Crippen molar-refractivity contribution < 1.29 is 22.7 Å². The maximum absolute atomic E-state index is 13.4. The molecule has 9 heteroatoms. The molecule has 3 rings (SSSR count). The van der Waals surface area contributed by atoms with Crippen LogP contribution in [0, 0.1) is 0 Å². The molecule has 1 saturated heterocycles. The highest BCUT2D eigenvalue weighted by Crippen LogP contribution is 2.40. The Morgan fingerprint density at radius 1 is 1.29 bits per heavy atom. The van der Waals surface area contributed by atoms with Crippen molar-refractivity contribution in [2.75, 3.05) is 20.3 Å². The number of amides is 1. The molecule has 2 N–H and O–H groups in total. The maximum atomic E-state index is 13.4. The number of rotatable bonds is 7. The quantitative estimate of drug-likeness (QED) is 0.736. The fraction of sp³-hybridized carbons (Fsp3) is 0.316. The van der Waals surface area contributed by atoms with Gasteiger partial charge in [-0.2, -0.15) is 4.31 Å². The summed E-state index contributed by atoms with van der Waals surface area (Å²) in [6.07, 6.45) is 1.41. The second-order valence-corrected chi connectivity index (χ2v) is 8.69. The molecule has 1 amide bonds. The summed E-state index contributed by atoms with van der Waals surface area (Å²) >= 11 is 6.04. The van der Waals surface area contributed by atoms with E-state index in [-0.39, 0.29) is 21.7 Å². The van der Waals surface area contributed by atoms with Gasteiger partial charge in [0.25, 0.3) is 5.91 Å². The SMILES string of the molecule is COc1cccc(C2CCCN2S(=O)(=O)c2cc(Cl)ccc2OCC(N)=O)c1. The highest BCUT2D eigenvalue weighted by molar-refractivity contribution is 7.89. The van der Waals surface area contributed by atoms with Crippen molar-refractivity contribution in [3.8, 4) is 11.5 Å². The first kappa shape index (κ1) is 20.4. The molecule has 0 spiro atoms. The van der Waals surface area contributed by atoms with Gasteiger partial charge < -0.3 is 15.2 Å². The van der Waals surface area contributed by atoms with Crippen LogP contribution >= 0.6 is 11.6 Å². The fourth-order valence-corrected chi connectivity index (χ4v) is 5.37. The first-order valence-corrected chi connectivity index (χ1v) is 10.5. The molecule has 0 aromatic heterocycles. The molecule has 1 heterocycles. The van der Waals surface area contributed by atoms with E-state index in [1.54, 1.807) is 7.11 Å². The number of carbonyl (C=O) groups is 1. The molecule has 1 atom stereocenters. The molecule has 0 saturated carbocycles. The van der Waals surface area contributed by atoms with Crippen molar-refractivity contribution >= 4 is 27.5 Å². The van der Waals surface area contributed by atoms with E-state index in [1.165, 1.54) is 22.5 Å². The predicted octanol–water partition coefficient (Wildman–Crippen LogP) is 2.74. The number of methoxy groups -OCH3 is 1. The van der Waals surface area contributed by atoms with Gasteiger partial charge in [0.15, 0.2) is 6.61 Å². The molecule has 1 aliphatic rings. The van der Waals surface area contributed by atoms with Gasteiger partial charge in [-0.15, -0.1) is 0 Å². The van der Waals surface area contributed by atoms with E-state index in [0.29, 0.717) is 18.7 Å². The molecule has 0 bridgehead atoms. The zero-order valence-electron chi connectivity index (χ0n) is 15.3. The number of benzene rings is 2. The van der Waals surface area contributed by atoms with Crippen LogP contribution < -0.4 is 15.2 Å². The summed E-state index contributed by atoms with van der Waals surface area (Å²) in [4.78, 5) is 11.0. The minimum atomic E-state index is -3.93. The van der Waals surface area contributed by atoms with Crippen LogP contribution in [0.4, 0.5) is 0 Å². The van der Waals surface area contributed by atoms with Crippen LogP contribution in [0.5, 0.6) is 11.5 Å². The summed E-state index contributed by atoms with van der Waals surface area (Å²) in [5.74, 6) is 0.00297. The summed E-state index contributed by atoms with van der Waals surface area (Å²) in [6.45, 7) is -0.0601. The number of nitrogens with zero attached hydrogens (tertiary/aromatic N) is 1. The van der Waals surface area contributed by atoms with E-state index in [9.17, 15) is 13.2 Å². The van der Waals surface area contributed by atoms with E-state index in [4.69, 9.17) is 26.8 Å². The molecule has 7 nitrogen and oxygen atoms in total. The van der Waals surface area contributed by atoms with Gasteiger partial charge in [0.1, 0.15) is 16.4 Å². The van der Waals surface area contributed by atoms with Crippen LogP contribution in [0.1, 0.15) is 24.4 Å². The summed E-state index contributed by atoms with van der Waals surface area (Å²) in [6, 6.07) is 11.3. The summed E-state index contributed by atoms with van der Waals surface area (Å²) < 4.78 is 38.9. The molecule has 1 unspecified atom stereocenters. The maximum Gasteiger partial charge on any atom is 0.255 e. The molecule has 0 radical (unpaired) electrons. The molecule has 2 aromatic rings. The van der Waals surface area contributed by atoms with Crippen LogP contribution in [0.2, 0.25) is 5.02 Å². The highest BCUT2D eigenvalue weighted by Gasteiger charge is 2.38. The molecule has 1 aliphatic heterocycles. The van der Waals surface area contributed by atoms with Crippen LogP contribution in [0.3, 0.4) is 0 Å². The third kappa shape index (κ3) is 4.24. The molecule has 2 aromatic carbocycles. The Morgan fingerprint density at radius 2 is 2.07 bits per heavy atom. The van der Waals surface area contributed by atoms with Crippen molar-refractivity contribution in [2.45, 2.75) is 23.8 Å². The number of halogens is 1. The lowest BCUT2D eigenvalue weighted by Crippen LogP contribution is -2.31. The first-order valence-electron chi connectivity index (χ1n) is 8.69. The average molecular weight is 425 g/mol. The van der Waals surface area contributed by atoms with E-state index in [0.717, 1.165) is 12.0 Å². The lowest BCUT2D eigenvalue weighted by Gasteiger charge is -2.25. The van der Waals surface area contributed by atoms with Gasteiger partial charge in [0.05, 0.1) is 13.2 Å². The van der Waals surface area contributed by atoms with E-state index >= 15 is 0 Å². The van der Waals surface area contributed by atoms with Crippen LogP contribution in [-0.2, 0) is 14.8 Å². The third-order valence-corrected chi connectivity index (χ3v) is 6.71. The van der Waals surface area contributed by atoms with Gasteiger partial charge >= 0.3 is 0 Å². The normalized spacial score (nSPS) is 17.4. The van der Waals surface area contributed by atoms with E-state index in [2.05, 4.69) is 0 Å². The molecule has 28 heavy (non-hydrogen) atoms. The van der Waals surface area contributed by atoms with Crippen LogP contribution in [-0.4, -0.2) is 38.9 Å². The van der Waals surface area contributed by atoms with E-state index in [1.807, 2.05) is 24.3 Å². The minimum Gasteiger partial charge on any atom is -0.497 e. The van der Waals surface area contributed by atoms with Crippen molar-refractivity contribution in [3.63, 3.8) is 0 Å². The first-order chi connectivity index (χ1) is 13.3. The van der Waals surface area contributed by atoms with Crippen molar-refractivity contribution in [3.05, 3.63) is 53.1 Å². The average Bonchev–Trinajstić information content (AvgIpc) is 3.17. The number of hydrogen-bond acceptors (Lipinski definition) is 5. The second kappa shape index (κ2) is 8.38. The number of sulfonamides is 1. The molecule has 0 aliphatic carbocycles. The van der Waals surface area contributed by atoms with Gasteiger partial charge in [-0.3, -0.25) is 4.79 Å². The molecule has 1 fully saturated rings. The Labute approximate surface area is 169 Å². The molecular weight excluding hydrogens is 404 g/mol. The van der Waals surface area contributed by atoms with Gasteiger partial charge in [0, 0.05) is 11.6 Å². The Kier molecular flexibility index (Phi) is 6.12. The second-order valence-electron chi connectivity index (χ2n) is 6.40. The summed E-state index contributed by atoms with van der Waals surface area (Å²) in [5.41, 5.74) is 5.96. The lowest BCUT2D eigenvalue weighted by molar-refractivity contribution is -0.120. The monoisotopic (exact) mass is 424 g/mol. The zero-order valence-corrected chi connectivity index (χ0v) is 16.9. The number of carbonyl (C=O) groups excluding carboxylic acids is 1. The summed E-state index contributed by atoms with van der Waals surface area (Å²) in [5, 5.41) is 0.252. The van der Waals surface area contributed by atoms with Crippen LogP contribution in [0.25, 0.3) is 0 Å². The Balaban J connectivity index is 1.99. The van der Waals surface area contributed by atoms with Gasteiger partial charge in [-0.1, -0.05) is 23.7 Å². The number of primary amides is 1. The van der Waals surface area contributed by atoms with Gasteiger partial charge in [0.2, 0.25) is 10.0 Å². The number of ether oxygens (including phenoxy) is 2. The van der Waals surface area contributed by atoms with Gasteiger partial charge in [-0.25, -0.2) is 8.42 Å². The largest absolute Gasteiger partial charge is 0.497 e. The Bertz CT molecular complexity index is 980. The van der Waals surface area contributed by atoms with Crippen molar-refractivity contribution in [2.24, 2.45) is 5.73 Å². The van der Waals surface area contributed by atoms with Crippen molar-refractivity contribution in [1.29, 1.82) is 0 Å². The topological polar surface area (TPSA) is 98.9 Å². The predicted molar refractivity (Wildman–Crippen MR) is 105 cm³/mol. The summed E-state index contributed by atoms with van der Waals surface area (Å²) in [7, 11) is -2.36. The van der Waals surface area contributed by atoms with Crippen LogP contribution in [0.15, 0.2) is 47.4 Å². The number of hydrogen-bond donors (Lipinski definition) is 1. The smallest absolute Gasteiger partial charge is 0.255 e. The number of nitrogens with two attached hydrogens (primary N) is 1. The Hall–Kier alpha value is -2.29. The zero-order chi connectivity index (χ0) is 20.3. The van der Waals surface area contributed by atoms with Crippen molar-refractivity contribution in [1.82, 2.24) is 4.31 Å². The van der Waals surface area contributed by atoms with Gasteiger partial charge in [-0.05, 0) is 48.7 Å². The highest BCUT2D eigenvalue weighted by atomic mass is 35.5. The Morgan fingerprint density at radius 3 is 2.79 bits per heavy atom.